The van der Waals surface area contributed by atoms with Gasteiger partial charge in [-0.15, -0.1) is 0 Å². The highest BCUT2D eigenvalue weighted by Gasteiger charge is 2.46. The number of hydrogen-bond donors (Lipinski definition) is 1. The van der Waals surface area contributed by atoms with Gasteiger partial charge in [-0.1, -0.05) is 48.5 Å². The van der Waals surface area contributed by atoms with E-state index >= 15 is 0 Å². The van der Waals surface area contributed by atoms with Gasteiger partial charge >= 0.3 is 6.09 Å². The van der Waals surface area contributed by atoms with Crippen LogP contribution in [0.25, 0.3) is 0 Å². The molecule has 6 nitrogen and oxygen atoms in total. The Morgan fingerprint density at radius 1 is 1.12 bits per heavy atom. The first-order chi connectivity index (χ1) is 12.6. The van der Waals surface area contributed by atoms with E-state index in [-0.39, 0.29) is 26.0 Å². The van der Waals surface area contributed by atoms with Crippen molar-refractivity contribution < 1.29 is 24.1 Å². The van der Waals surface area contributed by atoms with E-state index in [2.05, 4.69) is 0 Å². The van der Waals surface area contributed by atoms with Crippen molar-refractivity contribution in [3.63, 3.8) is 0 Å². The topological polar surface area (TPSA) is 68.2 Å². The molecule has 0 bridgehead atoms. The summed E-state index contributed by atoms with van der Waals surface area (Å²) in [7, 11) is 0. The molecule has 1 amide bonds. The van der Waals surface area contributed by atoms with Gasteiger partial charge in [0.1, 0.15) is 12.2 Å². The Bertz CT molecular complexity index is 767. The number of ether oxygens (including phenoxy) is 3. The summed E-state index contributed by atoms with van der Waals surface area (Å²) in [5.41, 5.74) is 1.49. The number of amides is 1. The summed E-state index contributed by atoms with van der Waals surface area (Å²) in [4.78, 5) is 13.6. The Balaban J connectivity index is 1.35. The van der Waals surface area contributed by atoms with Gasteiger partial charge in [0.25, 0.3) is 0 Å². The molecule has 2 heterocycles. The van der Waals surface area contributed by atoms with E-state index in [9.17, 15) is 9.90 Å². The van der Waals surface area contributed by atoms with E-state index in [1.807, 2.05) is 54.6 Å². The highest BCUT2D eigenvalue weighted by Crippen LogP contribution is 2.34. The number of likely N-dealkylation sites (tertiary alicyclic amines) is 1. The molecule has 2 fully saturated rings. The standard InChI is InChI=1S/C20H21NO5/c22-19(26-12-15-5-2-1-3-6-15)21-13-20(23,14-21)17-8-4-7-16(11-17)18-24-9-10-25-18/h1-8,11,18,23H,9-10,12-14H2. The molecule has 26 heavy (non-hydrogen) atoms. The lowest BCUT2D eigenvalue weighted by Crippen LogP contribution is -2.61. The van der Waals surface area contributed by atoms with Crippen LogP contribution in [-0.2, 0) is 26.4 Å². The SMILES string of the molecule is O=C(OCc1ccccc1)N1CC(O)(c2cccc(C3OCCO3)c2)C1. The van der Waals surface area contributed by atoms with Gasteiger partial charge in [0.05, 0.1) is 26.3 Å². The number of aliphatic hydroxyl groups is 1. The van der Waals surface area contributed by atoms with Gasteiger partial charge in [0.15, 0.2) is 6.29 Å². The molecule has 4 rings (SSSR count). The lowest BCUT2D eigenvalue weighted by atomic mass is 9.85. The molecule has 0 radical (unpaired) electrons. The third-order valence-corrected chi connectivity index (χ3v) is 4.69. The molecule has 2 saturated heterocycles. The predicted molar refractivity (Wildman–Crippen MR) is 93.2 cm³/mol. The van der Waals surface area contributed by atoms with Gasteiger partial charge in [-0.2, -0.15) is 0 Å². The molecule has 0 unspecified atom stereocenters. The van der Waals surface area contributed by atoms with Crippen LogP contribution in [0.1, 0.15) is 23.0 Å². The largest absolute Gasteiger partial charge is 0.445 e. The van der Waals surface area contributed by atoms with Gasteiger partial charge in [-0.25, -0.2) is 4.79 Å². The minimum atomic E-state index is -1.07. The van der Waals surface area contributed by atoms with Gasteiger partial charge in [-0.05, 0) is 17.2 Å². The Hall–Kier alpha value is -2.41. The molecule has 0 spiro atoms. The maximum absolute atomic E-state index is 12.1. The predicted octanol–water partition coefficient (Wildman–Crippen LogP) is 2.57. The van der Waals surface area contributed by atoms with Gasteiger partial charge < -0.3 is 24.2 Å². The number of nitrogens with zero attached hydrogens (tertiary/aromatic N) is 1. The zero-order valence-corrected chi connectivity index (χ0v) is 14.3. The third kappa shape index (κ3) is 3.44. The van der Waals surface area contributed by atoms with Crippen molar-refractivity contribution in [2.45, 2.75) is 18.5 Å². The number of carbonyl (C=O) groups is 1. The fourth-order valence-corrected chi connectivity index (χ4v) is 3.23. The molecule has 2 aliphatic rings. The van der Waals surface area contributed by atoms with E-state index in [4.69, 9.17) is 14.2 Å². The van der Waals surface area contributed by atoms with Crippen molar-refractivity contribution in [3.8, 4) is 0 Å². The van der Waals surface area contributed by atoms with E-state index < -0.39 is 11.7 Å². The Morgan fingerprint density at radius 3 is 2.58 bits per heavy atom. The van der Waals surface area contributed by atoms with Crippen LogP contribution < -0.4 is 0 Å². The second kappa shape index (κ2) is 7.07. The highest BCUT2D eigenvalue weighted by atomic mass is 16.7. The second-order valence-corrected chi connectivity index (χ2v) is 6.63. The third-order valence-electron chi connectivity index (χ3n) is 4.69. The molecule has 0 aromatic heterocycles. The monoisotopic (exact) mass is 355 g/mol. The summed E-state index contributed by atoms with van der Waals surface area (Å²) in [6.45, 7) is 1.77. The van der Waals surface area contributed by atoms with Crippen molar-refractivity contribution >= 4 is 6.09 Å². The fraction of sp³-hybridized carbons (Fsp3) is 0.350. The maximum atomic E-state index is 12.1. The minimum Gasteiger partial charge on any atom is -0.445 e. The van der Waals surface area contributed by atoms with Crippen LogP contribution in [0.3, 0.4) is 0 Å². The molecule has 1 N–H and O–H groups in total. The number of rotatable bonds is 4. The zero-order chi connectivity index (χ0) is 18.0. The normalized spacial score (nSPS) is 19.2. The number of β-amino-alcohol motifs (C(OH)–C–C–N with tert-alkyl or cyclic N) is 1. The fourth-order valence-electron chi connectivity index (χ4n) is 3.23. The quantitative estimate of drug-likeness (QED) is 0.913. The Morgan fingerprint density at radius 2 is 1.85 bits per heavy atom. The number of hydrogen-bond acceptors (Lipinski definition) is 5. The molecule has 2 aliphatic heterocycles. The van der Waals surface area contributed by atoms with E-state index in [1.54, 1.807) is 0 Å². The molecule has 2 aromatic carbocycles. The summed E-state index contributed by atoms with van der Waals surface area (Å²) >= 11 is 0. The molecule has 0 saturated carbocycles. The van der Waals surface area contributed by atoms with Crippen LogP contribution in [0.15, 0.2) is 54.6 Å². The summed E-state index contributed by atoms with van der Waals surface area (Å²) in [5.74, 6) is 0. The van der Waals surface area contributed by atoms with Gasteiger partial charge in [0.2, 0.25) is 0 Å². The van der Waals surface area contributed by atoms with Crippen molar-refractivity contribution in [3.05, 3.63) is 71.3 Å². The molecule has 0 aliphatic carbocycles. The van der Waals surface area contributed by atoms with Crippen LogP contribution in [0.5, 0.6) is 0 Å². The Labute approximate surface area is 151 Å². The average Bonchev–Trinajstić information content (AvgIpc) is 3.19. The van der Waals surface area contributed by atoms with Gasteiger partial charge in [0, 0.05) is 5.56 Å². The van der Waals surface area contributed by atoms with Crippen molar-refractivity contribution in [1.82, 2.24) is 4.90 Å². The molecular weight excluding hydrogens is 334 g/mol. The summed E-state index contributed by atoms with van der Waals surface area (Å²) in [5, 5.41) is 10.8. The van der Waals surface area contributed by atoms with Crippen molar-refractivity contribution in [1.29, 1.82) is 0 Å². The van der Waals surface area contributed by atoms with Crippen LogP contribution in [0, 0.1) is 0 Å². The van der Waals surface area contributed by atoms with Crippen molar-refractivity contribution in [2.24, 2.45) is 0 Å². The number of carbonyl (C=O) groups excluding carboxylic acids is 1. The summed E-state index contributed by atoms with van der Waals surface area (Å²) < 4.78 is 16.3. The first-order valence-electron chi connectivity index (χ1n) is 8.66. The second-order valence-electron chi connectivity index (χ2n) is 6.63. The minimum absolute atomic E-state index is 0.205. The first kappa shape index (κ1) is 17.0. The van der Waals surface area contributed by atoms with E-state index in [0.717, 1.165) is 16.7 Å². The molecule has 0 atom stereocenters. The lowest BCUT2D eigenvalue weighted by Gasteiger charge is -2.46. The zero-order valence-electron chi connectivity index (χ0n) is 14.3. The first-order valence-corrected chi connectivity index (χ1v) is 8.66. The Kier molecular flexibility index (Phi) is 4.63. The highest BCUT2D eigenvalue weighted by molar-refractivity contribution is 5.69. The van der Waals surface area contributed by atoms with Crippen LogP contribution >= 0.6 is 0 Å². The lowest BCUT2D eigenvalue weighted by molar-refractivity contribution is -0.0953. The molecule has 2 aromatic rings. The summed E-state index contributed by atoms with van der Waals surface area (Å²) in [6, 6.07) is 17.0. The average molecular weight is 355 g/mol. The van der Waals surface area contributed by atoms with E-state index in [1.165, 1.54) is 4.90 Å². The smallest absolute Gasteiger partial charge is 0.410 e. The van der Waals surface area contributed by atoms with E-state index in [0.29, 0.717) is 13.2 Å². The maximum Gasteiger partial charge on any atom is 0.410 e. The number of benzene rings is 2. The molecule has 136 valence electrons. The van der Waals surface area contributed by atoms with Crippen LogP contribution in [0.2, 0.25) is 0 Å². The van der Waals surface area contributed by atoms with Crippen LogP contribution in [0.4, 0.5) is 4.79 Å². The van der Waals surface area contributed by atoms with Crippen molar-refractivity contribution in [2.75, 3.05) is 26.3 Å². The van der Waals surface area contributed by atoms with Gasteiger partial charge in [-0.3, -0.25) is 0 Å². The molecular formula is C20H21NO5. The molecule has 6 heteroatoms. The summed E-state index contributed by atoms with van der Waals surface area (Å²) in [6.07, 6.45) is -0.803. The van der Waals surface area contributed by atoms with Crippen LogP contribution in [-0.4, -0.2) is 42.4 Å².